The van der Waals surface area contributed by atoms with Gasteiger partial charge < -0.3 is 14.6 Å². The lowest BCUT2D eigenvalue weighted by Gasteiger charge is -2.10. The lowest BCUT2D eigenvalue weighted by Crippen LogP contribution is -2.13. The van der Waals surface area contributed by atoms with Gasteiger partial charge in [-0.1, -0.05) is 0 Å². The van der Waals surface area contributed by atoms with Gasteiger partial charge in [0.15, 0.2) is 0 Å². The van der Waals surface area contributed by atoms with Crippen molar-refractivity contribution in [3.8, 4) is 11.8 Å². The number of aromatic nitrogens is 1. The fourth-order valence-electron chi connectivity index (χ4n) is 3.46. The fourth-order valence-corrected chi connectivity index (χ4v) is 3.46. The van der Waals surface area contributed by atoms with Crippen molar-refractivity contribution in [2.45, 2.75) is 20.8 Å². The molecule has 2 aromatic carbocycles. The average molecular weight is 458 g/mol. The number of ether oxygens (including phenoxy) is 1. The Hall–Kier alpha value is -4.71. The van der Waals surface area contributed by atoms with Crippen LogP contribution in [0.5, 0.6) is 0 Å². The first-order chi connectivity index (χ1) is 16.2. The quantitative estimate of drug-likeness (QED) is 0.179. The van der Waals surface area contributed by atoms with E-state index >= 15 is 0 Å². The summed E-state index contributed by atoms with van der Waals surface area (Å²) in [5, 5.41) is 22.9. The highest BCUT2D eigenvalue weighted by Crippen LogP contribution is 2.24. The third-order valence-corrected chi connectivity index (χ3v) is 5.11. The molecule has 9 nitrogen and oxygen atoms in total. The smallest absolute Gasteiger partial charge is 0.338 e. The number of carbonyl (C=O) groups excluding carboxylic acids is 2. The lowest BCUT2D eigenvalue weighted by atomic mass is 10.1. The number of amides is 1. The van der Waals surface area contributed by atoms with E-state index in [1.165, 1.54) is 30.3 Å². The number of nitrogens with zero attached hydrogens (tertiary/aromatic N) is 3. The summed E-state index contributed by atoms with van der Waals surface area (Å²) in [4.78, 5) is 34.7. The lowest BCUT2D eigenvalue weighted by molar-refractivity contribution is -0.384. The van der Waals surface area contributed by atoms with Gasteiger partial charge in [0, 0.05) is 34.9 Å². The molecule has 0 atom stereocenters. The van der Waals surface area contributed by atoms with E-state index in [4.69, 9.17) is 4.74 Å². The maximum Gasteiger partial charge on any atom is 0.338 e. The number of nitro groups is 1. The standard InChI is InChI=1S/C25H22N4O5/c1-4-34-25(31)18-5-9-22(10-6-18)28-16(2)13-19(17(28)3)14-20(15-26)24(30)27-21-7-11-23(12-8-21)29(32)33/h5-14H,4H2,1-3H3,(H,27,30)/b20-14+. The zero-order chi connectivity index (χ0) is 24.8. The third-order valence-electron chi connectivity index (χ3n) is 5.11. The SMILES string of the molecule is CCOC(=O)c1ccc(-n2c(C)cc(/C=C(\C#N)C(=O)Nc3ccc([N+](=O)[O-])cc3)c2C)cc1. The first kappa shape index (κ1) is 23.9. The van der Waals surface area contributed by atoms with Crippen molar-refractivity contribution in [3.63, 3.8) is 0 Å². The highest BCUT2D eigenvalue weighted by atomic mass is 16.6. The van der Waals surface area contributed by atoms with Crippen LogP contribution in [-0.2, 0) is 9.53 Å². The Morgan fingerprint density at radius 2 is 1.79 bits per heavy atom. The first-order valence-electron chi connectivity index (χ1n) is 10.4. The monoisotopic (exact) mass is 458 g/mol. The van der Waals surface area contributed by atoms with Crippen LogP contribution in [-0.4, -0.2) is 28.0 Å². The van der Waals surface area contributed by atoms with Crippen LogP contribution in [0, 0.1) is 35.3 Å². The van der Waals surface area contributed by atoms with E-state index in [0.29, 0.717) is 23.4 Å². The van der Waals surface area contributed by atoms with Gasteiger partial charge in [-0.05, 0) is 74.9 Å². The largest absolute Gasteiger partial charge is 0.462 e. The molecule has 34 heavy (non-hydrogen) atoms. The molecular weight excluding hydrogens is 436 g/mol. The minimum Gasteiger partial charge on any atom is -0.462 e. The number of benzene rings is 2. The van der Waals surface area contributed by atoms with Gasteiger partial charge in [0.25, 0.3) is 11.6 Å². The Morgan fingerprint density at radius 3 is 2.35 bits per heavy atom. The van der Waals surface area contributed by atoms with Crippen molar-refractivity contribution in [3.05, 3.63) is 92.8 Å². The molecule has 0 aliphatic heterocycles. The molecule has 3 aromatic rings. The summed E-state index contributed by atoms with van der Waals surface area (Å²) in [7, 11) is 0. The third kappa shape index (κ3) is 5.19. The summed E-state index contributed by atoms with van der Waals surface area (Å²) in [6.45, 7) is 5.80. The number of non-ortho nitro benzene ring substituents is 1. The van der Waals surface area contributed by atoms with Crippen LogP contribution in [0.1, 0.15) is 34.2 Å². The maximum atomic E-state index is 12.6. The van der Waals surface area contributed by atoms with Crippen LogP contribution in [0.2, 0.25) is 0 Å². The number of nitriles is 1. The summed E-state index contributed by atoms with van der Waals surface area (Å²) >= 11 is 0. The van der Waals surface area contributed by atoms with Crippen molar-refractivity contribution < 1.29 is 19.2 Å². The molecule has 0 unspecified atom stereocenters. The minimum absolute atomic E-state index is 0.100. The van der Waals surface area contributed by atoms with Crippen molar-refractivity contribution in [1.82, 2.24) is 4.57 Å². The normalized spacial score (nSPS) is 10.9. The van der Waals surface area contributed by atoms with Gasteiger partial charge in [0.2, 0.25) is 0 Å². The van der Waals surface area contributed by atoms with Crippen molar-refractivity contribution >= 4 is 29.3 Å². The Balaban J connectivity index is 1.85. The van der Waals surface area contributed by atoms with E-state index < -0.39 is 16.8 Å². The van der Waals surface area contributed by atoms with Gasteiger partial charge >= 0.3 is 5.97 Å². The molecule has 0 aliphatic rings. The predicted octanol–water partition coefficient (Wildman–Crippen LogP) is 4.72. The molecule has 172 valence electrons. The molecule has 0 saturated carbocycles. The Bertz CT molecular complexity index is 1310. The second-order valence-electron chi connectivity index (χ2n) is 7.36. The molecule has 1 N–H and O–H groups in total. The van der Waals surface area contributed by atoms with E-state index in [1.807, 2.05) is 30.6 Å². The second kappa shape index (κ2) is 10.3. The van der Waals surface area contributed by atoms with E-state index in [-0.39, 0.29) is 11.3 Å². The fraction of sp³-hybridized carbons (Fsp3) is 0.160. The predicted molar refractivity (Wildman–Crippen MR) is 127 cm³/mol. The number of hydrogen-bond donors (Lipinski definition) is 1. The van der Waals surface area contributed by atoms with Gasteiger partial charge in [-0.25, -0.2) is 4.79 Å². The Morgan fingerprint density at radius 1 is 1.15 bits per heavy atom. The molecule has 0 fully saturated rings. The summed E-state index contributed by atoms with van der Waals surface area (Å²) in [5.41, 5.74) is 3.75. The number of carbonyl (C=O) groups is 2. The molecule has 0 aliphatic carbocycles. The number of hydrogen-bond acceptors (Lipinski definition) is 6. The number of nitro benzene ring substituents is 1. The Kier molecular flexibility index (Phi) is 7.23. The van der Waals surface area contributed by atoms with E-state index in [2.05, 4.69) is 5.32 Å². The summed E-state index contributed by atoms with van der Waals surface area (Å²) in [6, 6.07) is 16.1. The highest BCUT2D eigenvalue weighted by Gasteiger charge is 2.15. The number of anilines is 1. The number of rotatable bonds is 7. The minimum atomic E-state index is -0.625. The first-order valence-corrected chi connectivity index (χ1v) is 10.4. The van der Waals surface area contributed by atoms with Crippen molar-refractivity contribution in [1.29, 1.82) is 5.26 Å². The van der Waals surface area contributed by atoms with Crippen LogP contribution >= 0.6 is 0 Å². The molecule has 9 heteroatoms. The van der Waals surface area contributed by atoms with Crippen molar-refractivity contribution in [2.75, 3.05) is 11.9 Å². The highest BCUT2D eigenvalue weighted by molar-refractivity contribution is 6.09. The molecule has 0 bridgehead atoms. The molecule has 0 spiro atoms. The van der Waals surface area contributed by atoms with Gasteiger partial charge in [-0.15, -0.1) is 0 Å². The van der Waals surface area contributed by atoms with Gasteiger partial charge in [0.1, 0.15) is 11.6 Å². The van der Waals surface area contributed by atoms with E-state index in [0.717, 1.165) is 17.1 Å². The van der Waals surface area contributed by atoms with Gasteiger partial charge in [-0.2, -0.15) is 5.26 Å². The maximum absolute atomic E-state index is 12.6. The summed E-state index contributed by atoms with van der Waals surface area (Å²) in [6.07, 6.45) is 1.49. The van der Waals surface area contributed by atoms with E-state index in [1.54, 1.807) is 31.2 Å². The van der Waals surface area contributed by atoms with Crippen LogP contribution in [0.25, 0.3) is 11.8 Å². The number of nitrogens with one attached hydrogen (secondary N) is 1. The molecule has 0 saturated heterocycles. The van der Waals surface area contributed by atoms with Crippen LogP contribution < -0.4 is 5.32 Å². The molecule has 0 radical (unpaired) electrons. The average Bonchev–Trinajstić information content (AvgIpc) is 3.10. The van der Waals surface area contributed by atoms with Crippen LogP contribution in [0.3, 0.4) is 0 Å². The summed E-state index contributed by atoms with van der Waals surface area (Å²) < 4.78 is 6.96. The molecule has 3 rings (SSSR count). The zero-order valence-electron chi connectivity index (χ0n) is 18.9. The topological polar surface area (TPSA) is 127 Å². The molecule has 1 aromatic heterocycles. The molecular formula is C25H22N4O5. The van der Waals surface area contributed by atoms with Crippen molar-refractivity contribution in [2.24, 2.45) is 0 Å². The van der Waals surface area contributed by atoms with Gasteiger partial charge in [-0.3, -0.25) is 14.9 Å². The second-order valence-corrected chi connectivity index (χ2v) is 7.36. The van der Waals surface area contributed by atoms with Crippen LogP contribution in [0.15, 0.2) is 60.2 Å². The molecule has 1 heterocycles. The zero-order valence-corrected chi connectivity index (χ0v) is 18.9. The van der Waals surface area contributed by atoms with Crippen LogP contribution in [0.4, 0.5) is 11.4 Å². The van der Waals surface area contributed by atoms with E-state index in [9.17, 15) is 25.0 Å². The Labute approximate surface area is 196 Å². The number of esters is 1. The molecule has 1 amide bonds. The summed E-state index contributed by atoms with van der Waals surface area (Å²) in [5.74, 6) is -1.02. The number of aryl methyl sites for hydroxylation is 1. The van der Waals surface area contributed by atoms with Gasteiger partial charge in [0.05, 0.1) is 17.1 Å².